The zero-order valence-corrected chi connectivity index (χ0v) is 20.5. The molecule has 0 bridgehead atoms. The molecule has 0 amide bonds. The van der Waals surface area contributed by atoms with Gasteiger partial charge in [0.25, 0.3) is 0 Å². The molecule has 4 rings (SSSR count). The van der Waals surface area contributed by atoms with Crippen LogP contribution in [0.5, 0.6) is 0 Å². The van der Waals surface area contributed by atoms with E-state index in [1.165, 1.54) is 0 Å². The summed E-state index contributed by atoms with van der Waals surface area (Å²) in [6, 6.07) is 22.8. The Bertz CT molecular complexity index is 916. The number of hydrogen-bond donors (Lipinski definition) is 2. The number of nitrogens with one attached hydrogen (secondary N) is 2. The molecule has 0 unspecified atom stereocenters. The van der Waals surface area contributed by atoms with E-state index in [4.69, 9.17) is 30.0 Å². The number of carbonyl (C=O) groups excluding carboxylic acids is 2. The monoisotopic (exact) mass is 606 g/mol. The smallest absolute Gasteiger partial charge is 0.652 e. The van der Waals surface area contributed by atoms with Gasteiger partial charge < -0.3 is 46.1 Å². The summed E-state index contributed by atoms with van der Waals surface area (Å²) in [4.78, 5) is 33.2. The molecule has 0 fully saturated rings. The SMILES string of the molecule is O.O=C([O-])[O-].O=C([O-])[O-].[Cu+2].[Cu+2].c1ccc(Nc2ccccn2)nc1.c1ccc(Nc2ccccn2)nc1. The molecule has 4 aromatic rings. The van der Waals surface area contributed by atoms with Crippen LogP contribution in [-0.4, -0.2) is 37.7 Å². The number of carbonyl (C=O) groups is 2. The van der Waals surface area contributed by atoms with Crippen LogP contribution in [0.15, 0.2) is 97.6 Å². The second-order valence-corrected chi connectivity index (χ2v) is 5.61. The van der Waals surface area contributed by atoms with E-state index in [0.717, 1.165) is 23.3 Å². The summed E-state index contributed by atoms with van der Waals surface area (Å²) in [7, 11) is 0. The number of carboxylic acid groups (broad SMARTS) is 4. The van der Waals surface area contributed by atoms with E-state index in [0.29, 0.717) is 0 Å². The van der Waals surface area contributed by atoms with E-state index >= 15 is 0 Å². The van der Waals surface area contributed by atoms with Gasteiger partial charge in [0.2, 0.25) is 0 Å². The third kappa shape index (κ3) is 22.0. The third-order valence-electron chi connectivity index (χ3n) is 3.17. The van der Waals surface area contributed by atoms with Gasteiger partial charge in [-0.2, -0.15) is 0 Å². The molecule has 0 aromatic carbocycles. The minimum Gasteiger partial charge on any atom is -0.652 e. The van der Waals surface area contributed by atoms with Crippen molar-refractivity contribution < 1.29 is 69.6 Å². The van der Waals surface area contributed by atoms with Gasteiger partial charge in [-0.3, -0.25) is 0 Å². The first-order chi connectivity index (χ1) is 16.4. The maximum absolute atomic E-state index is 8.33. The summed E-state index contributed by atoms with van der Waals surface area (Å²) in [6.07, 6.45) is 2.30. The number of anilines is 4. The number of nitrogens with zero attached hydrogens (tertiary/aromatic N) is 4. The van der Waals surface area contributed by atoms with Crippen molar-refractivity contribution in [1.29, 1.82) is 0 Å². The van der Waals surface area contributed by atoms with Crippen LogP contribution >= 0.6 is 0 Å². The van der Waals surface area contributed by atoms with Crippen LogP contribution in [0.1, 0.15) is 0 Å². The molecule has 202 valence electrons. The summed E-state index contributed by atoms with van der Waals surface area (Å²) in [5.41, 5.74) is 0. The molecule has 0 saturated heterocycles. The Morgan fingerprint density at radius 3 is 0.811 bits per heavy atom. The molecule has 4 aromatic heterocycles. The summed E-state index contributed by atoms with van der Waals surface area (Å²) < 4.78 is 0. The molecular formula is C22H20Cu2N6O7. The molecule has 0 aliphatic heterocycles. The topological polar surface area (TPSA) is 234 Å². The number of hydrogen-bond acceptors (Lipinski definition) is 12. The molecule has 4 heterocycles. The van der Waals surface area contributed by atoms with Crippen LogP contribution in [0.2, 0.25) is 0 Å². The Hall–Kier alpha value is -4.26. The van der Waals surface area contributed by atoms with Crippen molar-refractivity contribution in [3.8, 4) is 0 Å². The molecule has 0 atom stereocenters. The van der Waals surface area contributed by atoms with Crippen molar-refractivity contribution in [2.75, 3.05) is 10.6 Å². The number of aromatic nitrogens is 4. The Morgan fingerprint density at radius 2 is 0.676 bits per heavy atom. The van der Waals surface area contributed by atoms with Crippen molar-refractivity contribution in [1.82, 2.24) is 19.9 Å². The summed E-state index contributed by atoms with van der Waals surface area (Å²) in [6.45, 7) is 0. The quantitative estimate of drug-likeness (QED) is 0.258. The van der Waals surface area contributed by atoms with Crippen LogP contribution in [0.25, 0.3) is 0 Å². The van der Waals surface area contributed by atoms with Gasteiger partial charge in [-0.1, -0.05) is 24.3 Å². The van der Waals surface area contributed by atoms with Crippen LogP contribution in [0, 0.1) is 0 Å². The second kappa shape index (κ2) is 23.5. The van der Waals surface area contributed by atoms with Crippen molar-refractivity contribution in [2.45, 2.75) is 0 Å². The van der Waals surface area contributed by atoms with Gasteiger partial charge in [0.15, 0.2) is 0 Å². The Labute approximate surface area is 233 Å². The van der Waals surface area contributed by atoms with Gasteiger partial charge in [0.05, 0.1) is 0 Å². The minimum absolute atomic E-state index is 0. The average molecular weight is 608 g/mol. The largest absolute Gasteiger partial charge is 2.00 e. The van der Waals surface area contributed by atoms with E-state index in [1.807, 2.05) is 72.8 Å². The standard InChI is InChI=1S/2C10H9N3.2CH2O3.2Cu.H2O/c2*1-3-7-11-9(5-1)13-10-6-2-4-8-12-10;2*2-1(3)4;;;/h2*1-8H,(H,11,12,13);2*(H2,2,3,4);;;1H2/q;;;;2*+2;/p-4. The molecule has 0 saturated carbocycles. The van der Waals surface area contributed by atoms with Gasteiger partial charge in [-0.15, -0.1) is 0 Å². The van der Waals surface area contributed by atoms with E-state index < -0.39 is 12.3 Å². The van der Waals surface area contributed by atoms with Gasteiger partial charge in [0, 0.05) is 24.8 Å². The molecular weight excluding hydrogens is 587 g/mol. The van der Waals surface area contributed by atoms with Crippen LogP contribution in [0.3, 0.4) is 0 Å². The first-order valence-corrected chi connectivity index (χ1v) is 9.31. The molecule has 37 heavy (non-hydrogen) atoms. The Kier molecular flexibility index (Phi) is 23.7. The summed E-state index contributed by atoms with van der Waals surface area (Å²) in [5.74, 6) is 3.23. The number of rotatable bonds is 4. The minimum atomic E-state index is -2.33. The van der Waals surface area contributed by atoms with Crippen molar-refractivity contribution in [3.63, 3.8) is 0 Å². The maximum Gasteiger partial charge on any atom is 2.00 e. The molecule has 2 radical (unpaired) electrons. The van der Waals surface area contributed by atoms with Crippen LogP contribution in [0.4, 0.5) is 32.9 Å². The summed E-state index contributed by atoms with van der Waals surface area (Å²) >= 11 is 0. The third-order valence-corrected chi connectivity index (χ3v) is 3.17. The Balaban J connectivity index is -0.000000458. The van der Waals surface area contributed by atoms with Gasteiger partial charge in [0.1, 0.15) is 23.3 Å². The molecule has 0 spiro atoms. The van der Waals surface area contributed by atoms with Crippen molar-refractivity contribution in [3.05, 3.63) is 97.6 Å². The fourth-order valence-electron chi connectivity index (χ4n) is 2.01. The van der Waals surface area contributed by atoms with Crippen LogP contribution in [-0.2, 0) is 34.1 Å². The fourth-order valence-corrected chi connectivity index (χ4v) is 2.01. The molecule has 0 aliphatic carbocycles. The average Bonchev–Trinajstić information content (AvgIpc) is 2.82. The fraction of sp³-hybridized carbons (Fsp3) is 0. The van der Waals surface area contributed by atoms with E-state index in [1.54, 1.807) is 24.8 Å². The first kappa shape index (κ1) is 37.3. The predicted octanol–water partition coefficient (Wildman–Crippen LogP) is -1.28. The maximum atomic E-state index is 8.33. The van der Waals surface area contributed by atoms with Crippen molar-refractivity contribution >= 4 is 35.6 Å². The van der Waals surface area contributed by atoms with Crippen molar-refractivity contribution in [2.24, 2.45) is 0 Å². The summed E-state index contributed by atoms with van der Waals surface area (Å²) in [5, 5.41) is 39.5. The number of pyridine rings is 4. The van der Waals surface area contributed by atoms with E-state index in [-0.39, 0.29) is 39.6 Å². The normalized spacial score (nSPS) is 8.00. The van der Waals surface area contributed by atoms with Gasteiger partial charge >= 0.3 is 34.1 Å². The zero-order chi connectivity index (χ0) is 25.0. The molecule has 15 heteroatoms. The van der Waals surface area contributed by atoms with Gasteiger partial charge in [-0.05, 0) is 60.8 Å². The molecule has 0 aliphatic rings. The van der Waals surface area contributed by atoms with Gasteiger partial charge in [-0.25, -0.2) is 19.9 Å². The molecule has 13 nitrogen and oxygen atoms in total. The Morgan fingerprint density at radius 1 is 0.486 bits per heavy atom. The second-order valence-electron chi connectivity index (χ2n) is 5.61. The molecule has 4 N–H and O–H groups in total. The zero-order valence-electron chi connectivity index (χ0n) is 18.6. The van der Waals surface area contributed by atoms with Crippen LogP contribution < -0.4 is 31.1 Å². The predicted molar refractivity (Wildman–Crippen MR) is 118 cm³/mol. The first-order valence-electron chi connectivity index (χ1n) is 9.31. The van der Waals surface area contributed by atoms with E-state index in [2.05, 4.69) is 30.6 Å². The van der Waals surface area contributed by atoms with E-state index in [9.17, 15) is 0 Å².